The number of aryl methyl sites for hydroxylation is 3. The fourth-order valence-corrected chi connectivity index (χ4v) is 4.20. The fraction of sp³-hybridized carbons (Fsp3) is 0.852. The van der Waals surface area contributed by atoms with Crippen LogP contribution in [0, 0.1) is 0 Å². The molecule has 0 bridgehead atoms. The Morgan fingerprint density at radius 1 is 0.448 bits per heavy atom. The van der Waals surface area contributed by atoms with Crippen LogP contribution in [-0.4, -0.2) is 9.97 Å². The van der Waals surface area contributed by atoms with E-state index in [2.05, 4.69) is 27.7 Å². The van der Waals surface area contributed by atoms with Crippen LogP contribution in [0.2, 0.25) is 0 Å². The lowest BCUT2D eigenvalue weighted by atomic mass is 9.96. The van der Waals surface area contributed by atoms with Gasteiger partial charge in [0.2, 0.25) is 0 Å². The van der Waals surface area contributed by atoms with E-state index in [9.17, 15) is 0 Å². The van der Waals surface area contributed by atoms with Gasteiger partial charge in [-0.3, -0.25) is 0 Å². The van der Waals surface area contributed by atoms with Gasteiger partial charge in [0.1, 0.15) is 5.82 Å². The molecule has 0 aliphatic rings. The second-order valence-corrected chi connectivity index (χ2v) is 8.86. The van der Waals surface area contributed by atoms with Crippen molar-refractivity contribution >= 4 is 0 Å². The van der Waals surface area contributed by atoms with E-state index in [1.54, 1.807) is 0 Å². The first kappa shape index (κ1) is 26.1. The molecule has 2 nitrogen and oxygen atoms in total. The van der Waals surface area contributed by atoms with Gasteiger partial charge >= 0.3 is 0 Å². The molecule has 0 amide bonds. The van der Waals surface area contributed by atoms with Crippen LogP contribution in [0.1, 0.15) is 147 Å². The highest BCUT2D eigenvalue weighted by atomic mass is 14.9. The van der Waals surface area contributed by atoms with Crippen molar-refractivity contribution < 1.29 is 0 Å². The number of hydrogen-bond acceptors (Lipinski definition) is 2. The quantitative estimate of drug-likeness (QED) is 0.216. The summed E-state index contributed by atoms with van der Waals surface area (Å²) in [4.78, 5) is 10.1. The molecule has 0 aliphatic heterocycles. The Labute approximate surface area is 182 Å². The van der Waals surface area contributed by atoms with Gasteiger partial charge in [0.15, 0.2) is 0 Å². The van der Waals surface area contributed by atoms with E-state index < -0.39 is 0 Å². The molecule has 0 aliphatic carbocycles. The molecule has 0 aromatic carbocycles. The number of rotatable bonds is 19. The summed E-state index contributed by atoms with van der Waals surface area (Å²) in [6.45, 7) is 9.09. The zero-order valence-electron chi connectivity index (χ0n) is 20.3. The predicted molar refractivity (Wildman–Crippen MR) is 129 cm³/mol. The number of nitrogens with zero attached hydrogens (tertiary/aromatic N) is 2. The lowest BCUT2D eigenvalue weighted by Crippen LogP contribution is -2.11. The van der Waals surface area contributed by atoms with Gasteiger partial charge in [-0.15, -0.1) is 0 Å². The molecule has 0 radical (unpaired) electrons. The average molecular weight is 403 g/mol. The molecule has 0 saturated carbocycles. The second-order valence-electron chi connectivity index (χ2n) is 8.86. The van der Waals surface area contributed by atoms with Crippen LogP contribution < -0.4 is 0 Å². The third kappa shape index (κ3) is 11.7. The van der Waals surface area contributed by atoms with Crippen LogP contribution in [-0.2, 0) is 25.7 Å². The van der Waals surface area contributed by atoms with Gasteiger partial charge in [-0.05, 0) is 44.1 Å². The molecule has 0 N–H and O–H groups in total. The first-order chi connectivity index (χ1) is 14.3. The van der Waals surface area contributed by atoms with Gasteiger partial charge in [-0.1, -0.05) is 105 Å². The third-order valence-electron chi connectivity index (χ3n) is 6.11. The molecule has 1 rings (SSSR count). The molecule has 0 unspecified atom stereocenters. The van der Waals surface area contributed by atoms with Crippen molar-refractivity contribution in [2.24, 2.45) is 0 Å². The zero-order chi connectivity index (χ0) is 21.2. The Morgan fingerprint density at radius 3 is 1.21 bits per heavy atom. The van der Waals surface area contributed by atoms with Gasteiger partial charge in [0, 0.05) is 17.8 Å². The van der Waals surface area contributed by atoms with Crippen molar-refractivity contribution in [3.8, 4) is 0 Å². The standard InChI is InChI=1S/C27H50N2/c1-5-9-12-15-18-21-24-25(22-19-16-13-10-6-2)28-27(8-4)29-26(24)23-20-17-14-11-7-3/h5-23H2,1-4H3. The second kappa shape index (κ2) is 17.9. The van der Waals surface area contributed by atoms with Crippen LogP contribution >= 0.6 is 0 Å². The molecule has 0 fully saturated rings. The van der Waals surface area contributed by atoms with E-state index >= 15 is 0 Å². The largest absolute Gasteiger partial charge is 0.238 e. The highest BCUT2D eigenvalue weighted by molar-refractivity contribution is 5.27. The maximum Gasteiger partial charge on any atom is 0.128 e. The Morgan fingerprint density at radius 2 is 0.828 bits per heavy atom. The zero-order valence-corrected chi connectivity index (χ0v) is 20.3. The topological polar surface area (TPSA) is 25.8 Å². The molecule has 0 spiro atoms. The highest BCUT2D eigenvalue weighted by Gasteiger charge is 2.14. The van der Waals surface area contributed by atoms with E-state index in [-0.39, 0.29) is 0 Å². The number of aromatic nitrogens is 2. The van der Waals surface area contributed by atoms with E-state index in [1.165, 1.54) is 120 Å². The van der Waals surface area contributed by atoms with Gasteiger partial charge in [-0.25, -0.2) is 9.97 Å². The monoisotopic (exact) mass is 402 g/mol. The molecule has 1 aromatic heterocycles. The fourth-order valence-electron chi connectivity index (χ4n) is 4.20. The van der Waals surface area contributed by atoms with Crippen molar-refractivity contribution in [2.45, 2.75) is 150 Å². The van der Waals surface area contributed by atoms with Crippen molar-refractivity contribution in [1.82, 2.24) is 9.97 Å². The van der Waals surface area contributed by atoms with Crippen molar-refractivity contribution in [3.05, 3.63) is 22.8 Å². The SMILES string of the molecule is CCCCCCCc1nc(CC)nc(CCCCCCC)c1CCCCCCC. The van der Waals surface area contributed by atoms with E-state index in [0.717, 1.165) is 25.1 Å². The maximum absolute atomic E-state index is 5.03. The Balaban J connectivity index is 2.81. The Kier molecular flexibility index (Phi) is 16.1. The Hall–Kier alpha value is -0.920. The van der Waals surface area contributed by atoms with Crippen molar-refractivity contribution in [2.75, 3.05) is 0 Å². The first-order valence-corrected chi connectivity index (χ1v) is 13.1. The summed E-state index contributed by atoms with van der Waals surface area (Å²) < 4.78 is 0. The summed E-state index contributed by atoms with van der Waals surface area (Å²) in [6.07, 6.45) is 24.6. The van der Waals surface area contributed by atoms with Gasteiger partial charge in [0.05, 0.1) is 0 Å². The van der Waals surface area contributed by atoms with Crippen LogP contribution in [0.3, 0.4) is 0 Å². The van der Waals surface area contributed by atoms with Gasteiger partial charge in [0.25, 0.3) is 0 Å². The molecular weight excluding hydrogens is 352 g/mol. The molecular formula is C27H50N2. The lowest BCUT2D eigenvalue weighted by molar-refractivity contribution is 0.599. The summed E-state index contributed by atoms with van der Waals surface area (Å²) >= 11 is 0. The van der Waals surface area contributed by atoms with Crippen LogP contribution in [0.4, 0.5) is 0 Å². The van der Waals surface area contributed by atoms with Crippen molar-refractivity contribution in [3.63, 3.8) is 0 Å². The third-order valence-corrected chi connectivity index (χ3v) is 6.11. The maximum atomic E-state index is 5.03. The lowest BCUT2D eigenvalue weighted by Gasteiger charge is -2.16. The molecule has 0 saturated heterocycles. The summed E-state index contributed by atoms with van der Waals surface area (Å²) in [5.41, 5.74) is 4.32. The van der Waals surface area contributed by atoms with Crippen molar-refractivity contribution in [1.29, 1.82) is 0 Å². The number of hydrogen-bond donors (Lipinski definition) is 0. The predicted octanol–water partition coefficient (Wildman–Crippen LogP) is 8.58. The minimum absolute atomic E-state index is 0.961. The highest BCUT2D eigenvalue weighted by Crippen LogP contribution is 2.21. The molecule has 2 heteroatoms. The summed E-state index contributed by atoms with van der Waals surface area (Å²) in [5, 5.41) is 0. The molecule has 168 valence electrons. The van der Waals surface area contributed by atoms with Crippen LogP contribution in [0.15, 0.2) is 0 Å². The minimum Gasteiger partial charge on any atom is -0.238 e. The molecule has 0 atom stereocenters. The van der Waals surface area contributed by atoms with E-state index in [0.29, 0.717) is 0 Å². The van der Waals surface area contributed by atoms with Gasteiger partial charge < -0.3 is 0 Å². The number of unbranched alkanes of at least 4 members (excludes halogenated alkanes) is 12. The first-order valence-electron chi connectivity index (χ1n) is 13.1. The van der Waals surface area contributed by atoms with Gasteiger partial charge in [-0.2, -0.15) is 0 Å². The molecule has 1 heterocycles. The summed E-state index contributed by atoms with van der Waals surface area (Å²) in [6, 6.07) is 0. The Bertz CT molecular complexity index is 474. The normalized spacial score (nSPS) is 11.3. The summed E-state index contributed by atoms with van der Waals surface area (Å²) in [7, 11) is 0. The summed E-state index contributed by atoms with van der Waals surface area (Å²) in [5.74, 6) is 1.08. The van der Waals surface area contributed by atoms with Crippen LogP contribution in [0.25, 0.3) is 0 Å². The molecule has 1 aromatic rings. The molecule has 29 heavy (non-hydrogen) atoms. The smallest absolute Gasteiger partial charge is 0.128 e. The van der Waals surface area contributed by atoms with E-state index in [1.807, 2.05) is 0 Å². The van der Waals surface area contributed by atoms with E-state index in [4.69, 9.17) is 9.97 Å². The minimum atomic E-state index is 0.961. The van der Waals surface area contributed by atoms with Crippen LogP contribution in [0.5, 0.6) is 0 Å². The average Bonchev–Trinajstić information content (AvgIpc) is 2.74.